The number of esters is 1. The average molecular weight is 464 g/mol. The summed E-state index contributed by atoms with van der Waals surface area (Å²) in [6.45, 7) is 5.03. The summed E-state index contributed by atoms with van der Waals surface area (Å²) in [6, 6.07) is 5.64. The highest BCUT2D eigenvalue weighted by Gasteiger charge is 2.25. The lowest BCUT2D eigenvalue weighted by molar-refractivity contribution is -0.132. The van der Waals surface area contributed by atoms with Crippen LogP contribution in [0.2, 0.25) is 0 Å². The number of piperidine rings is 1. The Bertz CT molecular complexity index is 1030. The molecule has 1 atom stereocenters. The normalized spacial score (nSPS) is 17.2. The molecule has 2 amide bonds. The number of hydrogen-bond acceptors (Lipinski definition) is 6. The Balaban J connectivity index is 1.63. The van der Waals surface area contributed by atoms with Crippen LogP contribution in [0.25, 0.3) is 10.2 Å². The van der Waals surface area contributed by atoms with Crippen LogP contribution in [0.15, 0.2) is 23.2 Å². The SMILES string of the molecule is CCOC(=O)c1ccc2c(c1)sc(=NC(=O)CSCC(=O)N1CCCCC1CC)n2C. The van der Waals surface area contributed by atoms with Gasteiger partial charge in [-0.2, -0.15) is 4.99 Å². The van der Waals surface area contributed by atoms with E-state index in [1.807, 2.05) is 22.6 Å². The first-order valence-electron chi connectivity index (χ1n) is 10.7. The predicted molar refractivity (Wildman–Crippen MR) is 124 cm³/mol. The molecule has 7 nitrogen and oxygen atoms in total. The Labute approximate surface area is 190 Å². The number of aryl methyl sites for hydroxylation is 1. The summed E-state index contributed by atoms with van der Waals surface area (Å²) in [7, 11) is 1.84. The molecule has 3 rings (SSSR count). The predicted octanol–water partition coefficient (Wildman–Crippen LogP) is 3.37. The minimum Gasteiger partial charge on any atom is -0.462 e. The van der Waals surface area contributed by atoms with Gasteiger partial charge in [-0.1, -0.05) is 18.3 Å². The molecule has 0 spiro atoms. The molecule has 168 valence electrons. The molecule has 1 aliphatic heterocycles. The summed E-state index contributed by atoms with van der Waals surface area (Å²) in [5, 5.41) is 0. The van der Waals surface area contributed by atoms with Crippen LogP contribution >= 0.6 is 23.1 Å². The molecule has 1 aliphatic rings. The first kappa shape index (κ1) is 23.5. The summed E-state index contributed by atoms with van der Waals surface area (Å²) < 4.78 is 7.74. The smallest absolute Gasteiger partial charge is 0.338 e. The van der Waals surface area contributed by atoms with Gasteiger partial charge < -0.3 is 14.2 Å². The van der Waals surface area contributed by atoms with E-state index in [0.29, 0.717) is 28.8 Å². The number of nitrogens with zero attached hydrogens (tertiary/aromatic N) is 3. The quantitative estimate of drug-likeness (QED) is 0.588. The van der Waals surface area contributed by atoms with E-state index in [2.05, 4.69) is 11.9 Å². The van der Waals surface area contributed by atoms with E-state index in [9.17, 15) is 14.4 Å². The van der Waals surface area contributed by atoms with Crippen LogP contribution in [0.1, 0.15) is 49.9 Å². The third-order valence-electron chi connectivity index (χ3n) is 5.41. The van der Waals surface area contributed by atoms with Gasteiger partial charge in [-0.15, -0.1) is 11.8 Å². The second-order valence-corrected chi connectivity index (χ2v) is 9.48. The van der Waals surface area contributed by atoms with Crippen LogP contribution in [0, 0.1) is 0 Å². The van der Waals surface area contributed by atoms with E-state index in [0.717, 1.165) is 36.0 Å². The number of carbonyl (C=O) groups excluding carboxylic acids is 3. The van der Waals surface area contributed by atoms with Crippen LogP contribution in [0.5, 0.6) is 0 Å². The Morgan fingerprint density at radius 1 is 1.23 bits per heavy atom. The molecule has 1 aromatic carbocycles. The van der Waals surface area contributed by atoms with Crippen molar-refractivity contribution in [2.45, 2.75) is 45.6 Å². The molecule has 0 bridgehead atoms. The number of benzene rings is 1. The number of fused-ring (bicyclic) bond motifs is 1. The largest absolute Gasteiger partial charge is 0.462 e. The number of rotatable bonds is 7. The lowest BCUT2D eigenvalue weighted by atomic mass is 10.0. The Kier molecular flexibility index (Phi) is 8.31. The molecule has 1 aromatic heterocycles. The minimum atomic E-state index is -0.366. The molecule has 1 fully saturated rings. The van der Waals surface area contributed by atoms with Gasteiger partial charge in [-0.3, -0.25) is 9.59 Å². The van der Waals surface area contributed by atoms with Crippen LogP contribution < -0.4 is 4.80 Å². The van der Waals surface area contributed by atoms with Gasteiger partial charge in [0.25, 0.3) is 5.91 Å². The number of likely N-dealkylation sites (tertiary alicyclic amines) is 1. The zero-order valence-corrected chi connectivity index (χ0v) is 19.9. The van der Waals surface area contributed by atoms with E-state index in [4.69, 9.17) is 4.74 Å². The van der Waals surface area contributed by atoms with Gasteiger partial charge in [0.2, 0.25) is 5.91 Å². The van der Waals surface area contributed by atoms with Gasteiger partial charge in [0.1, 0.15) is 0 Å². The summed E-state index contributed by atoms with van der Waals surface area (Å²) >= 11 is 2.67. The zero-order chi connectivity index (χ0) is 22.4. The Morgan fingerprint density at radius 3 is 2.77 bits per heavy atom. The summed E-state index contributed by atoms with van der Waals surface area (Å²) in [5.74, 6) is -0.0487. The molecular formula is C22H29N3O4S2. The van der Waals surface area contributed by atoms with Crippen molar-refractivity contribution in [2.24, 2.45) is 12.0 Å². The summed E-state index contributed by atoms with van der Waals surface area (Å²) in [5.41, 5.74) is 1.37. The second kappa shape index (κ2) is 10.9. The fourth-order valence-electron chi connectivity index (χ4n) is 3.78. The van der Waals surface area contributed by atoms with Crippen LogP contribution in [0.4, 0.5) is 0 Å². The first-order valence-corrected chi connectivity index (χ1v) is 12.6. The number of amides is 2. The molecule has 0 radical (unpaired) electrons. The number of aromatic nitrogens is 1. The zero-order valence-electron chi connectivity index (χ0n) is 18.3. The van der Waals surface area contributed by atoms with Crippen molar-refractivity contribution in [3.05, 3.63) is 28.6 Å². The maximum Gasteiger partial charge on any atom is 0.338 e. The third-order valence-corrected chi connectivity index (χ3v) is 7.41. The Morgan fingerprint density at radius 2 is 2.03 bits per heavy atom. The van der Waals surface area contributed by atoms with E-state index < -0.39 is 0 Å². The van der Waals surface area contributed by atoms with E-state index >= 15 is 0 Å². The maximum atomic E-state index is 12.5. The fourth-order valence-corrected chi connectivity index (χ4v) is 5.54. The molecule has 0 N–H and O–H groups in total. The van der Waals surface area contributed by atoms with Gasteiger partial charge in [0.15, 0.2) is 4.80 Å². The van der Waals surface area contributed by atoms with Crippen LogP contribution in [0.3, 0.4) is 0 Å². The third kappa shape index (κ3) is 5.77. The van der Waals surface area contributed by atoms with Gasteiger partial charge in [-0.05, 0) is 50.8 Å². The van der Waals surface area contributed by atoms with Crippen molar-refractivity contribution in [1.29, 1.82) is 0 Å². The topological polar surface area (TPSA) is 81.0 Å². The van der Waals surface area contributed by atoms with Crippen molar-refractivity contribution in [2.75, 3.05) is 24.7 Å². The Hall–Kier alpha value is -2.13. The van der Waals surface area contributed by atoms with Crippen molar-refractivity contribution in [3.63, 3.8) is 0 Å². The number of hydrogen-bond donors (Lipinski definition) is 0. The number of thiazole rings is 1. The molecule has 2 aromatic rings. The van der Waals surface area contributed by atoms with Crippen molar-refractivity contribution >= 4 is 51.1 Å². The number of carbonyl (C=O) groups is 3. The monoisotopic (exact) mass is 463 g/mol. The first-order chi connectivity index (χ1) is 14.9. The van der Waals surface area contributed by atoms with Gasteiger partial charge in [0, 0.05) is 19.6 Å². The number of thioether (sulfide) groups is 1. The van der Waals surface area contributed by atoms with Crippen LogP contribution in [-0.2, 0) is 21.4 Å². The highest BCUT2D eigenvalue weighted by Crippen LogP contribution is 2.21. The average Bonchev–Trinajstić information content (AvgIpc) is 3.08. The van der Waals surface area contributed by atoms with Crippen molar-refractivity contribution in [1.82, 2.24) is 9.47 Å². The van der Waals surface area contributed by atoms with Gasteiger partial charge >= 0.3 is 5.97 Å². The fraction of sp³-hybridized carbons (Fsp3) is 0.545. The van der Waals surface area contributed by atoms with Crippen molar-refractivity contribution < 1.29 is 19.1 Å². The molecule has 1 saturated heterocycles. The van der Waals surface area contributed by atoms with Gasteiger partial charge in [0.05, 0.1) is 33.9 Å². The molecule has 9 heteroatoms. The lowest BCUT2D eigenvalue weighted by Gasteiger charge is -2.35. The molecule has 0 aliphatic carbocycles. The minimum absolute atomic E-state index is 0.114. The van der Waals surface area contributed by atoms with E-state index in [-0.39, 0.29) is 23.5 Å². The van der Waals surface area contributed by atoms with E-state index in [1.165, 1.54) is 29.5 Å². The molecule has 0 saturated carbocycles. The van der Waals surface area contributed by atoms with Crippen LogP contribution in [-0.4, -0.2) is 57.9 Å². The number of ether oxygens (including phenoxy) is 1. The highest BCUT2D eigenvalue weighted by atomic mass is 32.2. The van der Waals surface area contributed by atoms with E-state index in [1.54, 1.807) is 19.1 Å². The molecule has 2 heterocycles. The summed E-state index contributed by atoms with van der Waals surface area (Å²) in [6.07, 6.45) is 4.29. The molecule has 31 heavy (non-hydrogen) atoms. The summed E-state index contributed by atoms with van der Waals surface area (Å²) in [4.78, 5) is 43.6. The standard InChI is InChI=1S/C22H29N3O4S2/c1-4-16-8-6-7-11-25(16)20(27)14-30-13-19(26)23-22-24(3)17-10-9-15(12-18(17)31-22)21(28)29-5-2/h9-10,12,16H,4-8,11,13-14H2,1-3H3. The van der Waals surface area contributed by atoms with Crippen molar-refractivity contribution in [3.8, 4) is 0 Å². The second-order valence-electron chi connectivity index (χ2n) is 7.49. The maximum absolute atomic E-state index is 12.5. The highest BCUT2D eigenvalue weighted by molar-refractivity contribution is 8.00. The lowest BCUT2D eigenvalue weighted by Crippen LogP contribution is -2.44. The molecule has 1 unspecified atom stereocenters. The van der Waals surface area contributed by atoms with Gasteiger partial charge in [-0.25, -0.2) is 4.79 Å². The molecular weight excluding hydrogens is 434 g/mol.